The Bertz CT molecular complexity index is 1410. The Hall–Kier alpha value is -3.38. The molecule has 2 N–H and O–H groups in total. The summed E-state index contributed by atoms with van der Waals surface area (Å²) >= 11 is 1.65. The Morgan fingerprint density at radius 2 is 1.85 bits per heavy atom. The van der Waals surface area contributed by atoms with Crippen LogP contribution >= 0.6 is 11.3 Å². The third kappa shape index (κ3) is 5.23. The molecule has 0 bridgehead atoms. The molecule has 34 heavy (non-hydrogen) atoms. The molecule has 0 radical (unpaired) electrons. The Morgan fingerprint density at radius 1 is 1.15 bits per heavy atom. The van der Waals surface area contributed by atoms with Gasteiger partial charge in [0.1, 0.15) is 0 Å². The van der Waals surface area contributed by atoms with Gasteiger partial charge in [0.05, 0.1) is 26.6 Å². The highest BCUT2D eigenvalue weighted by Crippen LogP contribution is 2.27. The van der Waals surface area contributed by atoms with E-state index in [0.717, 1.165) is 52.4 Å². The van der Waals surface area contributed by atoms with Gasteiger partial charge >= 0.3 is 12.1 Å². The normalized spacial score (nSPS) is 14.7. The maximum atomic E-state index is 12.7. The van der Waals surface area contributed by atoms with Crippen LogP contribution in [0.15, 0.2) is 41.2 Å². The highest BCUT2D eigenvalue weighted by molar-refractivity contribution is 7.18. The fourth-order valence-electron chi connectivity index (χ4n) is 3.69. The number of nitrogens with one attached hydrogen (secondary N) is 1. The molecule has 178 valence electrons. The summed E-state index contributed by atoms with van der Waals surface area (Å²) in [4.78, 5) is 30.8. The lowest BCUT2D eigenvalue weighted by Gasteiger charge is -2.22. The smallest absolute Gasteiger partial charge is 0.475 e. The topological polar surface area (TPSA) is 109 Å². The summed E-state index contributed by atoms with van der Waals surface area (Å²) in [5.41, 5.74) is 3.98. The quantitative estimate of drug-likeness (QED) is 0.439. The van der Waals surface area contributed by atoms with Crippen molar-refractivity contribution in [3.63, 3.8) is 0 Å². The third-order valence-electron chi connectivity index (χ3n) is 5.33. The monoisotopic (exact) mass is 491 g/mol. The number of fused-ring (bicyclic) bond motifs is 2. The van der Waals surface area contributed by atoms with E-state index in [1.165, 1.54) is 4.52 Å². The fourth-order valence-corrected chi connectivity index (χ4v) is 4.56. The molecule has 0 spiro atoms. The van der Waals surface area contributed by atoms with Gasteiger partial charge in [0.2, 0.25) is 0 Å². The Labute approximate surface area is 195 Å². The van der Waals surface area contributed by atoms with Gasteiger partial charge in [-0.15, -0.1) is 11.3 Å². The van der Waals surface area contributed by atoms with Crippen molar-refractivity contribution in [3.05, 3.63) is 57.5 Å². The maximum absolute atomic E-state index is 12.7. The molecule has 8 nitrogen and oxygen atoms in total. The average molecular weight is 491 g/mol. The Morgan fingerprint density at radius 3 is 2.53 bits per heavy atom. The van der Waals surface area contributed by atoms with Gasteiger partial charge in [-0.3, -0.25) is 4.79 Å². The van der Waals surface area contributed by atoms with E-state index in [9.17, 15) is 18.0 Å². The molecule has 0 unspecified atom stereocenters. The number of rotatable bonds is 2. The molecular weight excluding hydrogens is 471 g/mol. The molecule has 1 saturated heterocycles. The minimum Gasteiger partial charge on any atom is -0.475 e. The molecule has 5 rings (SSSR count). The SMILES string of the molecule is Cc1nc2ccc(-c3cc(=O)n4nc(C5CCNCC5)ccc4n3)cc2s1.O=C(O)C(F)(F)F. The summed E-state index contributed by atoms with van der Waals surface area (Å²) in [5.74, 6) is -2.35. The molecule has 0 atom stereocenters. The number of aryl methyl sites for hydroxylation is 1. The number of carboxylic acids is 1. The van der Waals surface area contributed by atoms with Crippen LogP contribution < -0.4 is 10.9 Å². The number of carboxylic acid groups (broad SMARTS) is 1. The molecule has 0 saturated carbocycles. The van der Waals surface area contributed by atoms with E-state index >= 15 is 0 Å². The van der Waals surface area contributed by atoms with Gasteiger partial charge in [-0.25, -0.2) is 14.8 Å². The highest BCUT2D eigenvalue weighted by atomic mass is 32.1. The van der Waals surface area contributed by atoms with Crippen LogP contribution in [0.25, 0.3) is 27.1 Å². The summed E-state index contributed by atoms with van der Waals surface area (Å²) < 4.78 is 34.3. The van der Waals surface area contributed by atoms with Crippen molar-refractivity contribution >= 4 is 33.2 Å². The van der Waals surface area contributed by atoms with E-state index in [-0.39, 0.29) is 5.56 Å². The first-order valence-electron chi connectivity index (χ1n) is 10.4. The molecule has 4 aromatic rings. The van der Waals surface area contributed by atoms with Crippen molar-refractivity contribution in [2.24, 2.45) is 0 Å². The number of benzene rings is 1. The summed E-state index contributed by atoms with van der Waals surface area (Å²) in [6.07, 6.45) is -2.99. The lowest BCUT2D eigenvalue weighted by atomic mass is 9.94. The van der Waals surface area contributed by atoms with Crippen LogP contribution in [0.4, 0.5) is 13.2 Å². The maximum Gasteiger partial charge on any atom is 0.490 e. The Balaban J connectivity index is 0.000000344. The molecule has 1 aliphatic heterocycles. The fraction of sp³-hybridized carbons (Fsp3) is 0.318. The number of nitrogens with zero attached hydrogens (tertiary/aromatic N) is 4. The van der Waals surface area contributed by atoms with E-state index in [2.05, 4.69) is 26.4 Å². The average Bonchev–Trinajstić information content (AvgIpc) is 3.18. The van der Waals surface area contributed by atoms with Gasteiger partial charge in [-0.05, 0) is 57.1 Å². The second kappa shape index (κ2) is 9.47. The second-order valence-electron chi connectivity index (χ2n) is 7.75. The van der Waals surface area contributed by atoms with Gasteiger partial charge in [0.25, 0.3) is 5.56 Å². The molecular formula is C22H20F3N5O3S. The second-order valence-corrected chi connectivity index (χ2v) is 8.99. The number of aliphatic carboxylic acids is 1. The number of hydrogen-bond acceptors (Lipinski definition) is 7. The van der Waals surface area contributed by atoms with Crippen LogP contribution in [-0.4, -0.2) is 49.9 Å². The van der Waals surface area contributed by atoms with E-state index in [1.54, 1.807) is 17.4 Å². The first-order chi connectivity index (χ1) is 16.1. The molecule has 3 aromatic heterocycles. The minimum atomic E-state index is -5.08. The van der Waals surface area contributed by atoms with Gasteiger partial charge < -0.3 is 10.4 Å². The predicted octanol–water partition coefficient (Wildman–Crippen LogP) is 3.77. The molecule has 0 amide bonds. The van der Waals surface area contributed by atoms with E-state index in [1.807, 2.05) is 31.2 Å². The van der Waals surface area contributed by atoms with Crippen molar-refractivity contribution in [3.8, 4) is 11.3 Å². The molecule has 1 aromatic carbocycles. The molecule has 4 heterocycles. The number of aromatic nitrogens is 4. The Kier molecular flexibility index (Phi) is 6.62. The van der Waals surface area contributed by atoms with Crippen molar-refractivity contribution in [1.29, 1.82) is 0 Å². The minimum absolute atomic E-state index is 0.147. The first-order valence-corrected chi connectivity index (χ1v) is 11.2. The van der Waals surface area contributed by atoms with Crippen LogP contribution in [0.3, 0.4) is 0 Å². The van der Waals surface area contributed by atoms with Gasteiger partial charge in [-0.1, -0.05) is 6.07 Å². The summed E-state index contributed by atoms with van der Waals surface area (Å²) in [6, 6.07) is 11.5. The molecule has 12 heteroatoms. The van der Waals surface area contributed by atoms with E-state index in [4.69, 9.17) is 9.90 Å². The molecule has 1 fully saturated rings. The first kappa shape index (κ1) is 23.8. The number of halogens is 3. The number of thiazole rings is 1. The van der Waals surface area contributed by atoms with Gasteiger partial charge in [-0.2, -0.15) is 22.8 Å². The number of carbonyl (C=O) groups is 1. The van der Waals surface area contributed by atoms with E-state index < -0.39 is 12.1 Å². The van der Waals surface area contributed by atoms with Crippen LogP contribution in [-0.2, 0) is 4.79 Å². The summed E-state index contributed by atoms with van der Waals surface area (Å²) in [6.45, 7) is 3.99. The summed E-state index contributed by atoms with van der Waals surface area (Å²) in [5, 5.41) is 16.1. The van der Waals surface area contributed by atoms with Crippen molar-refractivity contribution in [2.45, 2.75) is 31.9 Å². The predicted molar refractivity (Wildman–Crippen MR) is 121 cm³/mol. The largest absolute Gasteiger partial charge is 0.490 e. The van der Waals surface area contributed by atoms with Crippen molar-refractivity contribution < 1.29 is 23.1 Å². The van der Waals surface area contributed by atoms with Gasteiger partial charge in [0, 0.05) is 17.5 Å². The standard InChI is InChI=1S/C20H19N5OS.C2HF3O2/c1-12-22-16-3-2-14(10-18(16)27-12)17-11-20(26)25-19(23-17)5-4-15(24-25)13-6-8-21-9-7-13;3-2(4,5)1(6)7/h2-5,10-11,13,21H,6-9H2,1H3;(H,6,7). The third-order valence-corrected chi connectivity index (χ3v) is 6.26. The van der Waals surface area contributed by atoms with Crippen molar-refractivity contribution in [2.75, 3.05) is 13.1 Å². The zero-order valence-electron chi connectivity index (χ0n) is 18.0. The lowest BCUT2D eigenvalue weighted by molar-refractivity contribution is -0.192. The van der Waals surface area contributed by atoms with Crippen LogP contribution in [0.2, 0.25) is 0 Å². The van der Waals surface area contributed by atoms with Crippen LogP contribution in [0.5, 0.6) is 0 Å². The van der Waals surface area contributed by atoms with Gasteiger partial charge in [0.15, 0.2) is 5.65 Å². The van der Waals surface area contributed by atoms with Crippen LogP contribution in [0.1, 0.15) is 29.5 Å². The van der Waals surface area contributed by atoms with Crippen LogP contribution in [0, 0.1) is 6.92 Å². The highest BCUT2D eigenvalue weighted by Gasteiger charge is 2.38. The van der Waals surface area contributed by atoms with E-state index in [0.29, 0.717) is 17.3 Å². The molecule has 1 aliphatic rings. The summed E-state index contributed by atoms with van der Waals surface area (Å²) in [7, 11) is 0. The van der Waals surface area contributed by atoms with Crippen molar-refractivity contribution in [1.82, 2.24) is 24.9 Å². The number of piperidine rings is 1. The number of alkyl halides is 3. The molecule has 0 aliphatic carbocycles. The zero-order valence-corrected chi connectivity index (χ0v) is 18.8. The zero-order chi connectivity index (χ0) is 24.5. The number of hydrogen-bond donors (Lipinski definition) is 2. The lowest BCUT2D eigenvalue weighted by Crippen LogP contribution is -2.28.